The Morgan fingerprint density at radius 1 is 0.971 bits per heavy atom. The molecule has 0 fully saturated rings. The highest BCUT2D eigenvalue weighted by Crippen LogP contribution is 2.26. The van der Waals surface area contributed by atoms with Crippen LogP contribution in [0.15, 0.2) is 71.6 Å². The molecule has 0 aromatic heterocycles. The van der Waals surface area contributed by atoms with Crippen molar-refractivity contribution in [1.29, 1.82) is 0 Å². The van der Waals surface area contributed by atoms with Crippen molar-refractivity contribution in [2.45, 2.75) is 25.7 Å². The van der Waals surface area contributed by atoms with Crippen LogP contribution in [0.3, 0.4) is 0 Å². The Morgan fingerprint density at radius 3 is 2.29 bits per heavy atom. The van der Waals surface area contributed by atoms with Gasteiger partial charge in [0.15, 0.2) is 0 Å². The van der Waals surface area contributed by atoms with Crippen LogP contribution in [0.5, 0.6) is 11.5 Å². The zero-order valence-electron chi connectivity index (χ0n) is 20.0. The van der Waals surface area contributed by atoms with Gasteiger partial charge in [-0.25, -0.2) is 12.8 Å². The summed E-state index contributed by atoms with van der Waals surface area (Å²) in [6, 6.07) is 16.6. The first-order valence-electron chi connectivity index (χ1n) is 11.2. The molecule has 0 spiro atoms. The van der Waals surface area contributed by atoms with Gasteiger partial charge in [-0.1, -0.05) is 17.7 Å². The average molecular weight is 501 g/mol. The van der Waals surface area contributed by atoms with E-state index < -0.39 is 28.3 Å². The lowest BCUT2D eigenvalue weighted by atomic mass is 10.1. The number of carbonyl (C=O) groups is 1. The molecular formula is C26H29FN2O5S. The topological polar surface area (TPSA) is 84.9 Å². The van der Waals surface area contributed by atoms with E-state index in [1.807, 2.05) is 39.0 Å². The average Bonchev–Trinajstić information content (AvgIpc) is 2.82. The summed E-state index contributed by atoms with van der Waals surface area (Å²) < 4.78 is 52.2. The summed E-state index contributed by atoms with van der Waals surface area (Å²) in [5.41, 5.74) is 2.39. The van der Waals surface area contributed by atoms with Gasteiger partial charge in [0, 0.05) is 0 Å². The summed E-state index contributed by atoms with van der Waals surface area (Å²) in [6.07, 6.45) is 0. The molecule has 1 amide bonds. The van der Waals surface area contributed by atoms with Gasteiger partial charge in [-0.3, -0.25) is 9.10 Å². The molecule has 3 aromatic rings. The largest absolute Gasteiger partial charge is 0.494 e. The number of hydrogen-bond donors (Lipinski definition) is 1. The minimum Gasteiger partial charge on any atom is -0.494 e. The van der Waals surface area contributed by atoms with E-state index in [1.165, 1.54) is 12.1 Å². The molecule has 3 aromatic carbocycles. The van der Waals surface area contributed by atoms with Crippen LogP contribution in [0, 0.1) is 19.7 Å². The third kappa shape index (κ3) is 6.95. The van der Waals surface area contributed by atoms with Crippen molar-refractivity contribution < 1.29 is 27.1 Å². The van der Waals surface area contributed by atoms with Gasteiger partial charge in [-0.15, -0.1) is 0 Å². The fourth-order valence-electron chi connectivity index (χ4n) is 3.42. The summed E-state index contributed by atoms with van der Waals surface area (Å²) in [6.45, 7) is 6.19. The molecule has 0 aliphatic carbocycles. The molecule has 186 valence electrons. The Balaban J connectivity index is 1.72. The van der Waals surface area contributed by atoms with Crippen molar-refractivity contribution in [3.63, 3.8) is 0 Å². The second kappa shape index (κ2) is 11.7. The molecule has 9 heteroatoms. The number of halogens is 1. The molecule has 0 saturated heterocycles. The van der Waals surface area contributed by atoms with Gasteiger partial charge in [-0.2, -0.15) is 0 Å². The summed E-state index contributed by atoms with van der Waals surface area (Å²) in [5.74, 6) is 0.232. The minimum absolute atomic E-state index is 0.126. The van der Waals surface area contributed by atoms with Crippen LogP contribution >= 0.6 is 0 Å². The highest BCUT2D eigenvalue weighted by atomic mass is 32.2. The first kappa shape index (κ1) is 26.0. The van der Waals surface area contributed by atoms with Crippen molar-refractivity contribution in [2.75, 3.05) is 30.6 Å². The van der Waals surface area contributed by atoms with Gasteiger partial charge in [0.2, 0.25) is 5.91 Å². The lowest BCUT2D eigenvalue weighted by Gasteiger charge is -2.24. The van der Waals surface area contributed by atoms with Crippen LogP contribution < -0.4 is 19.1 Å². The van der Waals surface area contributed by atoms with Crippen molar-refractivity contribution in [3.05, 3.63) is 83.7 Å². The summed E-state index contributed by atoms with van der Waals surface area (Å²) in [4.78, 5) is 12.6. The first-order valence-corrected chi connectivity index (χ1v) is 12.6. The number of carbonyl (C=O) groups excluding carboxylic acids is 1. The lowest BCUT2D eigenvalue weighted by Crippen LogP contribution is -2.41. The van der Waals surface area contributed by atoms with Crippen LogP contribution in [0.1, 0.15) is 18.1 Å². The molecule has 7 nitrogen and oxygen atoms in total. The number of rotatable bonds is 11. The molecule has 3 rings (SSSR count). The van der Waals surface area contributed by atoms with Crippen molar-refractivity contribution >= 4 is 21.6 Å². The highest BCUT2D eigenvalue weighted by molar-refractivity contribution is 7.92. The number of aryl methyl sites for hydroxylation is 2. The summed E-state index contributed by atoms with van der Waals surface area (Å²) in [5, 5.41) is 2.69. The fourth-order valence-corrected chi connectivity index (χ4v) is 4.84. The van der Waals surface area contributed by atoms with Gasteiger partial charge >= 0.3 is 0 Å². The normalized spacial score (nSPS) is 11.1. The Bertz CT molecular complexity index is 1250. The Hall–Kier alpha value is -3.59. The van der Waals surface area contributed by atoms with Crippen LogP contribution in [-0.2, 0) is 14.8 Å². The van der Waals surface area contributed by atoms with E-state index in [9.17, 15) is 17.6 Å². The van der Waals surface area contributed by atoms with E-state index in [4.69, 9.17) is 9.47 Å². The number of nitrogens with one attached hydrogen (secondary N) is 1. The predicted octanol–water partition coefficient (Wildman–Crippen LogP) is 4.23. The SMILES string of the molecule is CCOc1ccc(N(CC(=O)NCCOc2ccc(C)cc2C)S(=O)(=O)c2ccc(F)cc2)cc1. The maximum atomic E-state index is 13.4. The van der Waals surface area contributed by atoms with E-state index in [0.717, 1.165) is 33.3 Å². The molecule has 0 unspecified atom stereocenters. The number of amides is 1. The molecule has 0 heterocycles. The van der Waals surface area contributed by atoms with Crippen LogP contribution in [0.25, 0.3) is 0 Å². The van der Waals surface area contributed by atoms with Crippen LogP contribution in [0.4, 0.5) is 10.1 Å². The molecule has 0 saturated carbocycles. The summed E-state index contributed by atoms with van der Waals surface area (Å²) in [7, 11) is -4.14. The van der Waals surface area contributed by atoms with Gasteiger partial charge in [0.25, 0.3) is 10.0 Å². The maximum Gasteiger partial charge on any atom is 0.264 e. The molecule has 0 aliphatic rings. The minimum atomic E-state index is -4.14. The van der Waals surface area contributed by atoms with Gasteiger partial charge in [-0.05, 0) is 80.9 Å². The quantitative estimate of drug-likeness (QED) is 0.398. The Labute approximate surface area is 205 Å². The van der Waals surface area contributed by atoms with Crippen molar-refractivity contribution in [1.82, 2.24) is 5.32 Å². The lowest BCUT2D eigenvalue weighted by molar-refractivity contribution is -0.119. The van der Waals surface area contributed by atoms with E-state index in [2.05, 4.69) is 5.32 Å². The Kier molecular flexibility index (Phi) is 8.70. The second-order valence-electron chi connectivity index (χ2n) is 7.86. The number of sulfonamides is 1. The standard InChI is InChI=1S/C26H29FN2O5S/c1-4-33-23-10-8-22(9-11-23)29(35(31,32)24-12-6-21(27)7-13-24)18-26(30)28-15-16-34-25-14-5-19(2)17-20(25)3/h5-14,17H,4,15-16,18H2,1-3H3,(H,28,30). The molecular weight excluding hydrogens is 471 g/mol. The third-order valence-corrected chi connectivity index (χ3v) is 6.92. The van der Waals surface area contributed by atoms with Gasteiger partial charge in [0.05, 0.1) is 23.7 Å². The van der Waals surface area contributed by atoms with Gasteiger partial charge < -0.3 is 14.8 Å². The zero-order valence-corrected chi connectivity index (χ0v) is 20.8. The van der Waals surface area contributed by atoms with Gasteiger partial charge in [0.1, 0.15) is 30.5 Å². The number of benzene rings is 3. The van der Waals surface area contributed by atoms with E-state index in [0.29, 0.717) is 12.4 Å². The number of anilines is 1. The fraction of sp³-hybridized carbons (Fsp3) is 0.269. The third-order valence-electron chi connectivity index (χ3n) is 5.14. The van der Waals surface area contributed by atoms with Crippen LogP contribution in [0.2, 0.25) is 0 Å². The van der Waals surface area contributed by atoms with E-state index in [-0.39, 0.29) is 23.7 Å². The molecule has 0 atom stereocenters. The number of nitrogens with zero attached hydrogens (tertiary/aromatic N) is 1. The molecule has 0 aliphatic heterocycles. The number of hydrogen-bond acceptors (Lipinski definition) is 5. The summed E-state index contributed by atoms with van der Waals surface area (Å²) >= 11 is 0. The highest BCUT2D eigenvalue weighted by Gasteiger charge is 2.27. The van der Waals surface area contributed by atoms with E-state index in [1.54, 1.807) is 24.3 Å². The maximum absolute atomic E-state index is 13.4. The zero-order chi connectivity index (χ0) is 25.4. The van der Waals surface area contributed by atoms with Crippen molar-refractivity contribution in [2.24, 2.45) is 0 Å². The monoisotopic (exact) mass is 500 g/mol. The number of ether oxygens (including phenoxy) is 2. The molecule has 35 heavy (non-hydrogen) atoms. The molecule has 0 bridgehead atoms. The smallest absolute Gasteiger partial charge is 0.264 e. The molecule has 0 radical (unpaired) electrons. The van der Waals surface area contributed by atoms with E-state index >= 15 is 0 Å². The van der Waals surface area contributed by atoms with Crippen LogP contribution in [-0.4, -0.2) is 40.6 Å². The van der Waals surface area contributed by atoms with Crippen molar-refractivity contribution in [3.8, 4) is 11.5 Å². The first-order chi connectivity index (χ1) is 16.7. The second-order valence-corrected chi connectivity index (χ2v) is 9.72. The Morgan fingerprint density at radius 2 is 1.66 bits per heavy atom. The predicted molar refractivity (Wildman–Crippen MR) is 133 cm³/mol. The molecule has 1 N–H and O–H groups in total.